The van der Waals surface area contributed by atoms with Gasteiger partial charge in [0.25, 0.3) is 5.91 Å². The quantitative estimate of drug-likeness (QED) is 0.784. The summed E-state index contributed by atoms with van der Waals surface area (Å²) in [5.41, 5.74) is 3.09. The number of amides is 2. The van der Waals surface area contributed by atoms with Crippen molar-refractivity contribution in [1.82, 2.24) is 5.32 Å². The third-order valence-corrected chi connectivity index (χ3v) is 5.71. The van der Waals surface area contributed by atoms with Crippen molar-refractivity contribution in [3.8, 4) is 0 Å². The number of hydrogen-bond donors (Lipinski definition) is 2. The van der Waals surface area contributed by atoms with Crippen LogP contribution in [0.3, 0.4) is 0 Å². The molecule has 1 aliphatic carbocycles. The van der Waals surface area contributed by atoms with E-state index in [1.54, 1.807) is 11.3 Å². The smallest absolute Gasteiger partial charge is 0.261 e. The minimum atomic E-state index is -0.0151. The van der Waals surface area contributed by atoms with Crippen LogP contribution in [0.25, 0.3) is 0 Å². The summed E-state index contributed by atoms with van der Waals surface area (Å²) in [6.45, 7) is 4.50. The molecule has 1 aromatic carbocycles. The lowest BCUT2D eigenvalue weighted by molar-refractivity contribution is -0.116. The average molecular weight is 371 g/mol. The predicted octanol–water partition coefficient (Wildman–Crippen LogP) is 4.54. The first kappa shape index (κ1) is 18.6. The minimum Gasteiger partial charge on any atom is -0.347 e. The normalized spacial score (nSPS) is 13.3. The van der Waals surface area contributed by atoms with Gasteiger partial charge in [-0.15, -0.1) is 11.3 Å². The molecule has 0 saturated carbocycles. The van der Waals surface area contributed by atoms with E-state index < -0.39 is 0 Å². The highest BCUT2D eigenvalue weighted by Crippen LogP contribution is 2.29. The van der Waals surface area contributed by atoms with Gasteiger partial charge in [0.2, 0.25) is 5.91 Å². The predicted molar refractivity (Wildman–Crippen MR) is 107 cm³/mol. The van der Waals surface area contributed by atoms with Gasteiger partial charge in [-0.1, -0.05) is 26.0 Å². The van der Waals surface area contributed by atoms with Gasteiger partial charge in [0.1, 0.15) is 0 Å². The van der Waals surface area contributed by atoms with Gasteiger partial charge in [0.05, 0.1) is 4.88 Å². The van der Waals surface area contributed by atoms with Gasteiger partial charge in [0, 0.05) is 23.5 Å². The first-order chi connectivity index (χ1) is 12.5. The number of thiophene rings is 1. The standard InChI is InChI=1S/C21H26N2O2S/c1-14(2)10-20(24)23-17-8-5-6-15(11-17)13-22-21(25)19-12-16-7-3-4-9-18(16)26-19/h5-6,8,11-12,14H,3-4,7,9-10,13H2,1-2H3,(H,22,25)(H,23,24). The van der Waals surface area contributed by atoms with Crippen molar-refractivity contribution in [3.63, 3.8) is 0 Å². The molecule has 138 valence electrons. The summed E-state index contributed by atoms with van der Waals surface area (Å²) in [5.74, 6) is 0.332. The molecule has 0 spiro atoms. The molecule has 1 heterocycles. The van der Waals surface area contributed by atoms with E-state index >= 15 is 0 Å². The van der Waals surface area contributed by atoms with Crippen molar-refractivity contribution in [2.45, 2.75) is 52.5 Å². The Hall–Kier alpha value is -2.14. The van der Waals surface area contributed by atoms with Crippen LogP contribution < -0.4 is 10.6 Å². The lowest BCUT2D eigenvalue weighted by Crippen LogP contribution is -2.22. The summed E-state index contributed by atoms with van der Waals surface area (Å²) in [5, 5.41) is 5.91. The second kappa shape index (κ2) is 8.49. The zero-order chi connectivity index (χ0) is 18.5. The highest BCUT2D eigenvalue weighted by Gasteiger charge is 2.17. The SMILES string of the molecule is CC(C)CC(=O)Nc1cccc(CNC(=O)c2cc3c(s2)CCCC3)c1. The molecule has 2 amide bonds. The largest absolute Gasteiger partial charge is 0.347 e. The van der Waals surface area contributed by atoms with Gasteiger partial charge in [0.15, 0.2) is 0 Å². The monoisotopic (exact) mass is 370 g/mol. The molecule has 0 atom stereocenters. The highest BCUT2D eigenvalue weighted by molar-refractivity contribution is 7.14. The van der Waals surface area contributed by atoms with E-state index in [4.69, 9.17) is 0 Å². The number of fused-ring (bicyclic) bond motifs is 1. The number of anilines is 1. The molecule has 2 aromatic rings. The third-order valence-electron chi connectivity index (χ3n) is 4.48. The highest BCUT2D eigenvalue weighted by atomic mass is 32.1. The van der Waals surface area contributed by atoms with E-state index in [2.05, 4.69) is 16.7 Å². The number of carbonyl (C=O) groups is 2. The maximum Gasteiger partial charge on any atom is 0.261 e. The van der Waals surface area contributed by atoms with Crippen molar-refractivity contribution >= 4 is 28.8 Å². The fraction of sp³-hybridized carbons (Fsp3) is 0.429. The molecule has 0 fully saturated rings. The molecule has 1 aromatic heterocycles. The van der Waals surface area contributed by atoms with Crippen LogP contribution in [-0.4, -0.2) is 11.8 Å². The number of hydrogen-bond acceptors (Lipinski definition) is 3. The van der Waals surface area contributed by atoms with Crippen LogP contribution in [0.1, 0.15) is 58.8 Å². The topological polar surface area (TPSA) is 58.2 Å². The summed E-state index contributed by atoms with van der Waals surface area (Å²) in [7, 11) is 0. The molecular weight excluding hydrogens is 344 g/mol. The van der Waals surface area contributed by atoms with Crippen LogP contribution in [-0.2, 0) is 24.2 Å². The van der Waals surface area contributed by atoms with Crippen molar-refractivity contribution < 1.29 is 9.59 Å². The molecule has 0 saturated heterocycles. The summed E-state index contributed by atoms with van der Waals surface area (Å²) < 4.78 is 0. The Morgan fingerprint density at radius 2 is 1.96 bits per heavy atom. The average Bonchev–Trinajstić information content (AvgIpc) is 3.03. The van der Waals surface area contributed by atoms with Crippen LogP contribution >= 0.6 is 11.3 Å². The second-order valence-electron chi connectivity index (χ2n) is 7.30. The molecule has 0 radical (unpaired) electrons. The number of rotatable bonds is 6. The Labute approximate surface area is 159 Å². The summed E-state index contributed by atoms with van der Waals surface area (Å²) in [6, 6.07) is 9.69. The van der Waals surface area contributed by atoms with E-state index in [1.165, 1.54) is 23.3 Å². The summed E-state index contributed by atoms with van der Waals surface area (Å²) in [6.07, 6.45) is 5.15. The first-order valence-corrected chi connectivity index (χ1v) is 10.1. The van der Waals surface area contributed by atoms with Crippen LogP contribution in [0, 0.1) is 5.92 Å². The van der Waals surface area contributed by atoms with Crippen LogP contribution in [0.4, 0.5) is 5.69 Å². The molecule has 0 aliphatic heterocycles. The van der Waals surface area contributed by atoms with E-state index in [0.717, 1.165) is 29.0 Å². The Bertz CT molecular complexity index is 772. The number of benzene rings is 1. The van der Waals surface area contributed by atoms with Crippen LogP contribution in [0.5, 0.6) is 0 Å². The lowest BCUT2D eigenvalue weighted by Gasteiger charge is -2.09. The number of nitrogens with one attached hydrogen (secondary N) is 2. The van der Waals surface area contributed by atoms with Gasteiger partial charge in [-0.3, -0.25) is 9.59 Å². The summed E-state index contributed by atoms with van der Waals surface area (Å²) >= 11 is 1.63. The molecule has 0 bridgehead atoms. The maximum absolute atomic E-state index is 12.4. The van der Waals surface area contributed by atoms with Crippen molar-refractivity contribution in [1.29, 1.82) is 0 Å². The minimum absolute atomic E-state index is 0.0151. The molecular formula is C21H26N2O2S. The van der Waals surface area contributed by atoms with E-state index in [0.29, 0.717) is 18.9 Å². The lowest BCUT2D eigenvalue weighted by atomic mass is 9.99. The van der Waals surface area contributed by atoms with Crippen LogP contribution in [0.15, 0.2) is 30.3 Å². The molecule has 3 rings (SSSR count). The molecule has 5 heteroatoms. The van der Waals surface area contributed by atoms with Gasteiger partial charge >= 0.3 is 0 Å². The molecule has 2 N–H and O–H groups in total. The Kier molecular flexibility index (Phi) is 6.09. The van der Waals surface area contributed by atoms with Gasteiger partial charge in [-0.25, -0.2) is 0 Å². The fourth-order valence-electron chi connectivity index (χ4n) is 3.21. The fourth-order valence-corrected chi connectivity index (χ4v) is 4.38. The molecule has 26 heavy (non-hydrogen) atoms. The zero-order valence-corrected chi connectivity index (χ0v) is 16.2. The zero-order valence-electron chi connectivity index (χ0n) is 15.4. The van der Waals surface area contributed by atoms with Crippen molar-refractivity contribution in [2.24, 2.45) is 5.92 Å². The van der Waals surface area contributed by atoms with Crippen LogP contribution in [0.2, 0.25) is 0 Å². The van der Waals surface area contributed by atoms with Gasteiger partial charge in [-0.05, 0) is 60.9 Å². The number of carbonyl (C=O) groups excluding carboxylic acids is 2. The van der Waals surface area contributed by atoms with Gasteiger partial charge < -0.3 is 10.6 Å². The molecule has 0 unspecified atom stereocenters. The third kappa shape index (κ3) is 4.94. The van der Waals surface area contributed by atoms with Gasteiger partial charge in [-0.2, -0.15) is 0 Å². The Morgan fingerprint density at radius 3 is 2.73 bits per heavy atom. The van der Waals surface area contributed by atoms with E-state index in [-0.39, 0.29) is 11.8 Å². The summed E-state index contributed by atoms with van der Waals surface area (Å²) in [4.78, 5) is 26.5. The van der Waals surface area contributed by atoms with E-state index in [1.807, 2.05) is 38.1 Å². The second-order valence-corrected chi connectivity index (χ2v) is 8.43. The first-order valence-electron chi connectivity index (χ1n) is 9.30. The van der Waals surface area contributed by atoms with E-state index in [9.17, 15) is 9.59 Å². The molecule has 4 nitrogen and oxygen atoms in total. The Morgan fingerprint density at radius 1 is 1.15 bits per heavy atom. The van der Waals surface area contributed by atoms with Crippen molar-refractivity contribution in [2.75, 3.05) is 5.32 Å². The molecule has 1 aliphatic rings. The number of aryl methyl sites for hydroxylation is 2. The van der Waals surface area contributed by atoms with Crippen molar-refractivity contribution in [3.05, 3.63) is 51.2 Å². The Balaban J connectivity index is 1.57. The maximum atomic E-state index is 12.4.